The van der Waals surface area contributed by atoms with Crippen molar-refractivity contribution in [3.63, 3.8) is 0 Å². The minimum absolute atomic E-state index is 0.0412. The molecule has 0 N–H and O–H groups in total. The number of ether oxygens (including phenoxy) is 1. The molecule has 0 bridgehead atoms. The number of hydrogen-bond donors (Lipinski definition) is 0. The molecule has 0 fully saturated rings. The van der Waals surface area contributed by atoms with Gasteiger partial charge in [-0.3, -0.25) is 4.84 Å². The number of hydrogen-bond acceptors (Lipinski definition) is 12. The van der Waals surface area contributed by atoms with Crippen molar-refractivity contribution >= 4 is 17.8 Å². The topological polar surface area (TPSA) is 104 Å². The Morgan fingerprint density at radius 2 is 1.04 bits per heavy atom. The Bertz CT molecular complexity index is 442. The molecule has 1 unspecified atom stereocenters. The average molecular weight is 334 g/mol. The highest BCUT2D eigenvalue weighted by atomic mass is 16.9. The van der Waals surface area contributed by atoms with Gasteiger partial charge in [0.05, 0.1) is 35.5 Å². The fraction of sp³-hybridized carbons (Fsp3) is 0.727. The van der Waals surface area contributed by atoms with E-state index in [-0.39, 0.29) is 17.8 Å². The van der Waals surface area contributed by atoms with Gasteiger partial charge in [0.1, 0.15) is 0 Å². The lowest BCUT2D eigenvalue weighted by Crippen LogP contribution is -2.36. The van der Waals surface area contributed by atoms with E-state index in [2.05, 4.69) is 15.0 Å². The second kappa shape index (κ2) is 9.34. The third-order valence-corrected chi connectivity index (χ3v) is 2.66. The van der Waals surface area contributed by atoms with Crippen molar-refractivity contribution in [2.45, 2.75) is 13.2 Å². The Morgan fingerprint density at radius 1 is 0.652 bits per heavy atom. The van der Waals surface area contributed by atoms with Gasteiger partial charge in [-0.2, -0.15) is 20.0 Å². The molecular weight excluding hydrogens is 312 g/mol. The largest absolute Gasteiger partial charge is 0.360 e. The van der Waals surface area contributed by atoms with E-state index in [0.717, 1.165) is 10.5 Å². The molecule has 0 aliphatic rings. The summed E-state index contributed by atoms with van der Waals surface area (Å²) in [5.41, 5.74) is 0. The van der Waals surface area contributed by atoms with E-state index in [1.165, 1.54) is 47.7 Å². The van der Waals surface area contributed by atoms with Crippen LogP contribution < -0.4 is 15.5 Å². The summed E-state index contributed by atoms with van der Waals surface area (Å²) in [6.45, 7) is 1.75. The number of aromatic nitrogens is 3. The number of methoxy groups -OCH3 is 1. The van der Waals surface area contributed by atoms with Crippen molar-refractivity contribution in [2.24, 2.45) is 0 Å². The predicted molar refractivity (Wildman–Crippen MR) is 78.8 cm³/mol. The third-order valence-electron chi connectivity index (χ3n) is 2.66. The predicted octanol–water partition coefficient (Wildman–Crippen LogP) is 0.0902. The monoisotopic (exact) mass is 334 g/mol. The number of nitrogens with zero attached hydrogens (tertiary/aromatic N) is 6. The molecule has 1 atom stereocenters. The zero-order valence-electron chi connectivity index (χ0n) is 14.2. The Labute approximate surface area is 134 Å². The molecule has 0 saturated carbocycles. The average Bonchev–Trinajstić information content (AvgIpc) is 2.57. The van der Waals surface area contributed by atoms with Gasteiger partial charge in [-0.1, -0.05) is 10.5 Å². The quantitative estimate of drug-likeness (QED) is 0.428. The smallest absolute Gasteiger partial charge is 0.284 e. The van der Waals surface area contributed by atoms with Crippen molar-refractivity contribution in [3.8, 4) is 0 Å². The summed E-state index contributed by atoms with van der Waals surface area (Å²) in [5, 5.41) is 3.27. The fourth-order valence-corrected chi connectivity index (χ4v) is 1.57. The highest BCUT2D eigenvalue weighted by Crippen LogP contribution is 2.21. The Hall–Kier alpha value is -1.83. The molecular formula is C11H22N6O6. The first-order valence-corrected chi connectivity index (χ1v) is 6.45. The van der Waals surface area contributed by atoms with Crippen LogP contribution in [0.2, 0.25) is 0 Å². The van der Waals surface area contributed by atoms with Crippen molar-refractivity contribution in [2.75, 3.05) is 58.2 Å². The van der Waals surface area contributed by atoms with E-state index in [9.17, 15) is 0 Å². The van der Waals surface area contributed by atoms with Crippen LogP contribution in [0.5, 0.6) is 0 Å². The second-order valence-electron chi connectivity index (χ2n) is 3.82. The maximum Gasteiger partial charge on any atom is 0.284 e. The number of hydroxylamine groups is 1. The first-order valence-electron chi connectivity index (χ1n) is 6.45. The zero-order chi connectivity index (χ0) is 17.4. The van der Waals surface area contributed by atoms with Gasteiger partial charge in [0.25, 0.3) is 17.8 Å². The van der Waals surface area contributed by atoms with E-state index in [0.29, 0.717) is 0 Å². The molecule has 12 heteroatoms. The lowest BCUT2D eigenvalue weighted by atomic mass is 10.6. The van der Waals surface area contributed by atoms with Crippen LogP contribution in [0.15, 0.2) is 0 Å². The minimum atomic E-state index is -0.472. The molecule has 0 amide bonds. The van der Waals surface area contributed by atoms with E-state index >= 15 is 0 Å². The maximum absolute atomic E-state index is 5.25. The van der Waals surface area contributed by atoms with Crippen LogP contribution in [0.3, 0.4) is 0 Å². The second-order valence-corrected chi connectivity index (χ2v) is 3.82. The fourth-order valence-electron chi connectivity index (χ4n) is 1.57. The van der Waals surface area contributed by atoms with Crippen LogP contribution in [-0.2, 0) is 28.9 Å². The molecule has 0 saturated heterocycles. The van der Waals surface area contributed by atoms with Crippen molar-refractivity contribution in [1.29, 1.82) is 0 Å². The molecule has 0 spiro atoms. The van der Waals surface area contributed by atoms with E-state index in [1.54, 1.807) is 6.92 Å². The van der Waals surface area contributed by atoms with E-state index in [1.807, 2.05) is 0 Å². The summed E-state index contributed by atoms with van der Waals surface area (Å²) in [6, 6.07) is 0. The Morgan fingerprint density at radius 3 is 1.35 bits per heavy atom. The summed E-state index contributed by atoms with van der Waals surface area (Å²) >= 11 is 0. The summed E-state index contributed by atoms with van der Waals surface area (Å²) in [6.07, 6.45) is -0.472. The van der Waals surface area contributed by atoms with Crippen LogP contribution in [0.1, 0.15) is 6.92 Å². The first kappa shape index (κ1) is 19.2. The lowest BCUT2D eigenvalue weighted by molar-refractivity contribution is -0.0529. The highest BCUT2D eigenvalue weighted by Gasteiger charge is 2.24. The van der Waals surface area contributed by atoms with Crippen molar-refractivity contribution < 1.29 is 28.9 Å². The third kappa shape index (κ3) is 4.57. The molecule has 23 heavy (non-hydrogen) atoms. The molecule has 1 aromatic rings. The van der Waals surface area contributed by atoms with Gasteiger partial charge in [0.2, 0.25) is 0 Å². The van der Waals surface area contributed by atoms with Gasteiger partial charge in [-0.05, 0) is 6.92 Å². The standard InChI is InChI=1S/C11H22N6O6/c1-8(18-2)15(19-3)9-12-10(16(20-4)21-5)14-11(13-9)17(22-6)23-7/h8H,1-7H3. The summed E-state index contributed by atoms with van der Waals surface area (Å²) in [4.78, 5) is 37.8. The molecule has 1 aromatic heterocycles. The van der Waals surface area contributed by atoms with Gasteiger partial charge in [0, 0.05) is 7.11 Å². The van der Waals surface area contributed by atoms with Gasteiger partial charge in [-0.15, -0.1) is 0 Å². The Kier molecular flexibility index (Phi) is 7.80. The normalized spacial score (nSPS) is 12.1. The first-order chi connectivity index (χ1) is 11.1. The molecule has 1 heterocycles. The van der Waals surface area contributed by atoms with Crippen LogP contribution >= 0.6 is 0 Å². The van der Waals surface area contributed by atoms with Crippen LogP contribution in [-0.4, -0.2) is 63.8 Å². The number of anilines is 3. The van der Waals surface area contributed by atoms with Gasteiger partial charge in [0.15, 0.2) is 6.23 Å². The SMILES string of the molecule is COC(C)N(OC)c1nc(N(OC)OC)nc(N(OC)OC)n1. The van der Waals surface area contributed by atoms with Crippen LogP contribution in [0, 0.1) is 0 Å². The molecule has 0 radical (unpaired) electrons. The van der Waals surface area contributed by atoms with Crippen LogP contribution in [0.25, 0.3) is 0 Å². The Balaban J connectivity index is 3.37. The molecule has 0 aliphatic heterocycles. The summed E-state index contributed by atoms with van der Waals surface area (Å²) < 4.78 is 5.21. The van der Waals surface area contributed by atoms with E-state index < -0.39 is 6.23 Å². The van der Waals surface area contributed by atoms with Gasteiger partial charge >= 0.3 is 0 Å². The molecule has 0 aromatic carbocycles. The van der Waals surface area contributed by atoms with Crippen LogP contribution in [0.4, 0.5) is 17.8 Å². The van der Waals surface area contributed by atoms with E-state index in [4.69, 9.17) is 28.9 Å². The lowest BCUT2D eigenvalue weighted by Gasteiger charge is -2.27. The molecule has 12 nitrogen and oxygen atoms in total. The molecule has 0 aliphatic carbocycles. The van der Waals surface area contributed by atoms with Crippen molar-refractivity contribution in [1.82, 2.24) is 15.0 Å². The van der Waals surface area contributed by atoms with Gasteiger partial charge < -0.3 is 4.74 Å². The summed E-state index contributed by atoms with van der Waals surface area (Å²) in [7, 11) is 8.54. The maximum atomic E-state index is 5.25. The molecule has 1 rings (SSSR count). The highest BCUT2D eigenvalue weighted by molar-refractivity contribution is 5.41. The zero-order valence-corrected chi connectivity index (χ0v) is 14.2. The van der Waals surface area contributed by atoms with Crippen molar-refractivity contribution in [3.05, 3.63) is 0 Å². The van der Waals surface area contributed by atoms with Gasteiger partial charge in [-0.25, -0.2) is 19.4 Å². The number of rotatable bonds is 10. The molecule has 132 valence electrons. The minimum Gasteiger partial charge on any atom is -0.360 e. The summed E-state index contributed by atoms with van der Waals surface area (Å²) in [5.74, 6) is 0.207.